The van der Waals surface area contributed by atoms with Crippen molar-refractivity contribution < 1.29 is 9.47 Å². The number of ether oxygens (including phenoxy) is 2. The van der Waals surface area contributed by atoms with Gasteiger partial charge in [-0.3, -0.25) is 0 Å². The number of fused-ring (bicyclic) bond motifs is 3. The minimum atomic E-state index is 0.271. The number of rotatable bonds is 3. The average Bonchev–Trinajstić information content (AvgIpc) is 3.11. The summed E-state index contributed by atoms with van der Waals surface area (Å²) in [6, 6.07) is 13.0. The molecular weight excluding hydrogens is 366 g/mol. The van der Waals surface area contributed by atoms with Crippen molar-refractivity contribution in [2.75, 3.05) is 19.5 Å². The Kier molecular flexibility index (Phi) is 4.01. The molecule has 2 aromatic carbocycles. The Hall–Kier alpha value is -1.94. The molecule has 3 nitrogen and oxygen atoms in total. The Morgan fingerprint density at radius 2 is 1.88 bits per heavy atom. The van der Waals surface area contributed by atoms with E-state index < -0.39 is 0 Å². The molecule has 124 valence electrons. The molecule has 4 rings (SSSR count). The highest BCUT2D eigenvalue weighted by molar-refractivity contribution is 9.10. The number of allylic oxidation sites excluding steroid dienone is 2. The second-order valence-electron chi connectivity index (χ2n) is 6.32. The lowest BCUT2D eigenvalue weighted by atomic mass is 9.77. The standard InChI is InChI=1S/C20H20BrNO2/c1-23-14-10-17-15-4-3-5-16(15)19(12-6-8-13(21)9-7-12)22-20(17)18(11-14)24-2/h3-4,6-11,15-16,19,22H,5H2,1-2H3/t15-,16-,19+/m0/s1. The maximum Gasteiger partial charge on any atom is 0.145 e. The normalized spacial score (nSPS) is 24.0. The highest BCUT2D eigenvalue weighted by Crippen LogP contribution is 2.53. The lowest BCUT2D eigenvalue weighted by Gasteiger charge is -2.38. The first kappa shape index (κ1) is 15.6. The van der Waals surface area contributed by atoms with Gasteiger partial charge in [0.15, 0.2) is 0 Å². The largest absolute Gasteiger partial charge is 0.497 e. The van der Waals surface area contributed by atoms with Crippen LogP contribution in [0.3, 0.4) is 0 Å². The van der Waals surface area contributed by atoms with Gasteiger partial charge in [0.05, 0.1) is 25.9 Å². The highest BCUT2D eigenvalue weighted by atomic mass is 79.9. The highest BCUT2D eigenvalue weighted by Gasteiger charge is 2.39. The molecule has 2 aromatic rings. The van der Waals surface area contributed by atoms with Gasteiger partial charge in [-0.05, 0) is 41.7 Å². The number of hydrogen-bond donors (Lipinski definition) is 1. The van der Waals surface area contributed by atoms with Crippen molar-refractivity contribution in [2.45, 2.75) is 18.4 Å². The lowest BCUT2D eigenvalue weighted by molar-refractivity contribution is 0.381. The quantitative estimate of drug-likeness (QED) is 0.727. The molecule has 0 aromatic heterocycles. The van der Waals surface area contributed by atoms with Gasteiger partial charge in [0.1, 0.15) is 11.5 Å². The Bertz CT molecular complexity index is 785. The Labute approximate surface area is 150 Å². The van der Waals surface area contributed by atoms with Crippen LogP contribution in [-0.2, 0) is 0 Å². The van der Waals surface area contributed by atoms with E-state index in [0.29, 0.717) is 11.8 Å². The number of benzene rings is 2. The second kappa shape index (κ2) is 6.17. The average molecular weight is 386 g/mol. The molecule has 1 aliphatic heterocycles. The van der Waals surface area contributed by atoms with Gasteiger partial charge in [-0.15, -0.1) is 0 Å². The lowest BCUT2D eigenvalue weighted by Crippen LogP contribution is -2.29. The van der Waals surface area contributed by atoms with Gasteiger partial charge in [-0.2, -0.15) is 0 Å². The monoisotopic (exact) mass is 385 g/mol. The van der Waals surface area contributed by atoms with E-state index in [0.717, 1.165) is 28.1 Å². The fourth-order valence-electron chi connectivity index (χ4n) is 3.92. The van der Waals surface area contributed by atoms with Crippen LogP contribution in [0.1, 0.15) is 29.5 Å². The molecule has 2 aliphatic rings. The number of nitrogens with one attached hydrogen (secondary N) is 1. The van der Waals surface area contributed by atoms with E-state index in [1.54, 1.807) is 14.2 Å². The summed E-state index contributed by atoms with van der Waals surface area (Å²) in [6.07, 6.45) is 5.70. The summed E-state index contributed by atoms with van der Waals surface area (Å²) in [7, 11) is 3.41. The molecule has 0 saturated carbocycles. The summed E-state index contributed by atoms with van der Waals surface area (Å²) in [5.41, 5.74) is 3.65. The summed E-state index contributed by atoms with van der Waals surface area (Å²) in [5.74, 6) is 2.58. The van der Waals surface area contributed by atoms with Crippen molar-refractivity contribution in [3.8, 4) is 11.5 Å². The summed E-state index contributed by atoms with van der Waals surface area (Å²) in [5, 5.41) is 3.74. The second-order valence-corrected chi connectivity index (χ2v) is 7.24. The molecule has 0 spiro atoms. The zero-order chi connectivity index (χ0) is 16.7. The first-order chi connectivity index (χ1) is 11.7. The predicted octanol–water partition coefficient (Wildman–Crippen LogP) is 5.29. The van der Waals surface area contributed by atoms with Crippen molar-refractivity contribution in [2.24, 2.45) is 5.92 Å². The summed E-state index contributed by atoms with van der Waals surface area (Å²) >= 11 is 3.52. The first-order valence-corrected chi connectivity index (χ1v) is 8.95. The van der Waals surface area contributed by atoms with Gasteiger partial charge in [-0.25, -0.2) is 0 Å². The number of halogens is 1. The third-order valence-corrected chi connectivity index (χ3v) is 5.62. The number of methoxy groups -OCH3 is 2. The molecule has 0 saturated heterocycles. The van der Waals surface area contributed by atoms with Crippen LogP contribution in [0.25, 0.3) is 0 Å². The van der Waals surface area contributed by atoms with Crippen molar-refractivity contribution in [1.82, 2.24) is 0 Å². The van der Waals surface area contributed by atoms with Gasteiger partial charge in [-0.1, -0.05) is 40.2 Å². The van der Waals surface area contributed by atoms with Crippen LogP contribution in [0, 0.1) is 5.92 Å². The van der Waals surface area contributed by atoms with Crippen LogP contribution in [0.4, 0.5) is 5.69 Å². The van der Waals surface area contributed by atoms with Gasteiger partial charge in [0.25, 0.3) is 0 Å². The summed E-state index contributed by atoms with van der Waals surface area (Å²) < 4.78 is 12.2. The SMILES string of the molecule is COc1cc(OC)c2c(c1)[C@H]1C=CC[C@@H]1[C@@H](c1ccc(Br)cc1)N2. The van der Waals surface area contributed by atoms with Crippen LogP contribution in [0.5, 0.6) is 11.5 Å². The summed E-state index contributed by atoms with van der Waals surface area (Å²) in [6.45, 7) is 0. The van der Waals surface area contributed by atoms with Crippen LogP contribution in [-0.4, -0.2) is 14.2 Å². The molecule has 1 aliphatic carbocycles. The molecule has 3 atom stereocenters. The topological polar surface area (TPSA) is 30.5 Å². The van der Waals surface area contributed by atoms with Gasteiger partial charge in [0.2, 0.25) is 0 Å². The van der Waals surface area contributed by atoms with Gasteiger partial charge < -0.3 is 14.8 Å². The number of anilines is 1. The fourth-order valence-corrected chi connectivity index (χ4v) is 4.18. The summed E-state index contributed by atoms with van der Waals surface area (Å²) in [4.78, 5) is 0. The van der Waals surface area contributed by atoms with E-state index in [4.69, 9.17) is 9.47 Å². The van der Waals surface area contributed by atoms with Crippen LogP contribution >= 0.6 is 15.9 Å². The predicted molar refractivity (Wildman–Crippen MR) is 100 cm³/mol. The van der Waals surface area contributed by atoms with E-state index in [1.807, 2.05) is 6.07 Å². The molecule has 0 amide bonds. The van der Waals surface area contributed by atoms with Crippen molar-refractivity contribution in [3.05, 3.63) is 64.1 Å². The number of hydrogen-bond acceptors (Lipinski definition) is 3. The van der Waals surface area contributed by atoms with Crippen molar-refractivity contribution >= 4 is 21.6 Å². The Morgan fingerprint density at radius 1 is 1.08 bits per heavy atom. The maximum absolute atomic E-state index is 5.63. The molecule has 0 fully saturated rings. The van der Waals surface area contributed by atoms with E-state index in [9.17, 15) is 0 Å². The molecule has 4 heteroatoms. The fraction of sp³-hybridized carbons (Fsp3) is 0.300. The zero-order valence-electron chi connectivity index (χ0n) is 13.8. The van der Waals surface area contributed by atoms with Crippen molar-refractivity contribution in [1.29, 1.82) is 0 Å². The third-order valence-electron chi connectivity index (χ3n) is 5.09. The molecule has 24 heavy (non-hydrogen) atoms. The van der Waals surface area contributed by atoms with E-state index in [2.05, 4.69) is 63.7 Å². The minimum absolute atomic E-state index is 0.271. The van der Waals surface area contributed by atoms with Crippen LogP contribution < -0.4 is 14.8 Å². The molecule has 0 unspecified atom stereocenters. The minimum Gasteiger partial charge on any atom is -0.497 e. The molecule has 0 bridgehead atoms. The zero-order valence-corrected chi connectivity index (χ0v) is 15.3. The molecular formula is C20H20BrNO2. The molecule has 1 heterocycles. The smallest absolute Gasteiger partial charge is 0.145 e. The van der Waals surface area contributed by atoms with Crippen LogP contribution in [0.2, 0.25) is 0 Å². The van der Waals surface area contributed by atoms with Gasteiger partial charge in [0, 0.05) is 16.5 Å². The van der Waals surface area contributed by atoms with Gasteiger partial charge >= 0.3 is 0 Å². The van der Waals surface area contributed by atoms with E-state index in [-0.39, 0.29) is 6.04 Å². The van der Waals surface area contributed by atoms with Crippen molar-refractivity contribution in [3.63, 3.8) is 0 Å². The third kappa shape index (κ3) is 2.49. The molecule has 0 radical (unpaired) electrons. The Morgan fingerprint density at radius 3 is 2.58 bits per heavy atom. The molecule has 1 N–H and O–H groups in total. The Balaban J connectivity index is 1.82. The van der Waals surface area contributed by atoms with E-state index in [1.165, 1.54) is 11.1 Å². The maximum atomic E-state index is 5.63. The first-order valence-electron chi connectivity index (χ1n) is 8.16. The van der Waals surface area contributed by atoms with E-state index >= 15 is 0 Å². The van der Waals surface area contributed by atoms with Crippen LogP contribution in [0.15, 0.2) is 53.0 Å².